The van der Waals surface area contributed by atoms with Gasteiger partial charge in [-0.05, 0) is 36.7 Å². The van der Waals surface area contributed by atoms with E-state index in [0.29, 0.717) is 12.3 Å². The highest BCUT2D eigenvalue weighted by Crippen LogP contribution is 2.31. The third-order valence-electron chi connectivity index (χ3n) is 5.55. The van der Waals surface area contributed by atoms with Gasteiger partial charge in [0.2, 0.25) is 0 Å². The minimum atomic E-state index is -0.155. The van der Waals surface area contributed by atoms with Gasteiger partial charge < -0.3 is 20.3 Å². The molecule has 0 spiro atoms. The molecule has 0 radical (unpaired) electrons. The van der Waals surface area contributed by atoms with Crippen LogP contribution in [0.4, 0.5) is 5.82 Å². The van der Waals surface area contributed by atoms with Crippen molar-refractivity contribution in [3.63, 3.8) is 0 Å². The van der Waals surface area contributed by atoms with Crippen molar-refractivity contribution in [3.8, 4) is 0 Å². The first-order valence-corrected chi connectivity index (χ1v) is 11.1. The molecule has 30 heavy (non-hydrogen) atoms. The Balaban J connectivity index is 1.57. The maximum absolute atomic E-state index is 12.9. The summed E-state index contributed by atoms with van der Waals surface area (Å²) in [5.74, 6) is 1.67. The fourth-order valence-electron chi connectivity index (χ4n) is 3.65. The highest BCUT2D eigenvalue weighted by molar-refractivity contribution is 5.93. The van der Waals surface area contributed by atoms with Crippen molar-refractivity contribution in [3.05, 3.63) is 41.9 Å². The van der Waals surface area contributed by atoms with E-state index >= 15 is 0 Å². The zero-order valence-corrected chi connectivity index (χ0v) is 18.4. The van der Waals surface area contributed by atoms with Gasteiger partial charge in [0, 0.05) is 39.4 Å². The number of nitrogens with zero attached hydrogens (tertiary/aromatic N) is 3. The lowest BCUT2D eigenvalue weighted by Gasteiger charge is -2.25. The molecule has 0 aliphatic heterocycles. The molecule has 2 aliphatic carbocycles. The van der Waals surface area contributed by atoms with E-state index in [9.17, 15) is 4.79 Å². The van der Waals surface area contributed by atoms with Crippen molar-refractivity contribution in [2.75, 3.05) is 44.8 Å². The van der Waals surface area contributed by atoms with Crippen LogP contribution in [0, 0.1) is 11.8 Å². The Morgan fingerprint density at radius 1 is 1.33 bits per heavy atom. The first kappa shape index (κ1) is 22.4. The topological polar surface area (TPSA) is 79.4 Å². The van der Waals surface area contributed by atoms with E-state index in [-0.39, 0.29) is 17.9 Å². The van der Waals surface area contributed by atoms with Crippen molar-refractivity contribution in [2.45, 2.75) is 39.2 Å². The summed E-state index contributed by atoms with van der Waals surface area (Å²) in [5, 5.41) is 6.46. The molecule has 2 atom stereocenters. The SMILES string of the molecule is CCCN(CC1CC1)c1cc(C(=O)NC2C=CC(CNCCOC)=CC2C)ncn1. The summed E-state index contributed by atoms with van der Waals surface area (Å²) in [4.78, 5) is 23.8. The zero-order valence-electron chi connectivity index (χ0n) is 18.4. The summed E-state index contributed by atoms with van der Waals surface area (Å²) in [5.41, 5.74) is 1.65. The lowest BCUT2D eigenvalue weighted by atomic mass is 9.93. The van der Waals surface area contributed by atoms with Gasteiger partial charge in [0.1, 0.15) is 17.8 Å². The molecule has 1 aromatic heterocycles. The predicted molar refractivity (Wildman–Crippen MR) is 120 cm³/mol. The van der Waals surface area contributed by atoms with Crippen LogP contribution in [-0.4, -0.2) is 61.8 Å². The minimum absolute atomic E-state index is 0.0446. The van der Waals surface area contributed by atoms with Crippen LogP contribution in [0.5, 0.6) is 0 Å². The maximum Gasteiger partial charge on any atom is 0.270 e. The standard InChI is InChI=1S/C23H35N5O2/c1-4-10-28(15-18-5-6-18)22-13-21(25-16-26-22)23(29)27-20-8-7-19(12-17(20)2)14-24-9-11-30-3/h7-8,12-13,16-18,20,24H,4-6,9-11,14-15H2,1-3H3,(H,27,29). The Kier molecular flexibility index (Phi) is 8.39. The van der Waals surface area contributed by atoms with Crippen molar-refractivity contribution in [1.29, 1.82) is 0 Å². The van der Waals surface area contributed by atoms with Gasteiger partial charge >= 0.3 is 0 Å². The summed E-state index contributed by atoms with van der Waals surface area (Å²) in [6, 6.07) is 1.78. The predicted octanol–water partition coefficient (Wildman–Crippen LogP) is 2.57. The third kappa shape index (κ3) is 6.64. The molecule has 164 valence electrons. The monoisotopic (exact) mass is 413 g/mol. The van der Waals surface area contributed by atoms with Crippen LogP contribution < -0.4 is 15.5 Å². The van der Waals surface area contributed by atoms with Gasteiger partial charge in [-0.25, -0.2) is 9.97 Å². The Bertz CT molecular complexity index is 760. The number of nitrogens with one attached hydrogen (secondary N) is 2. The lowest BCUT2D eigenvalue weighted by molar-refractivity contribution is 0.0933. The normalized spacial score (nSPS) is 20.7. The van der Waals surface area contributed by atoms with Crippen LogP contribution in [0.3, 0.4) is 0 Å². The van der Waals surface area contributed by atoms with E-state index in [4.69, 9.17) is 4.74 Å². The fourth-order valence-corrected chi connectivity index (χ4v) is 3.65. The van der Waals surface area contributed by atoms with E-state index in [0.717, 1.165) is 44.3 Å². The third-order valence-corrected chi connectivity index (χ3v) is 5.55. The summed E-state index contributed by atoms with van der Waals surface area (Å²) >= 11 is 0. The van der Waals surface area contributed by atoms with Crippen LogP contribution in [-0.2, 0) is 4.74 Å². The van der Waals surface area contributed by atoms with Crippen LogP contribution >= 0.6 is 0 Å². The average Bonchev–Trinajstić information content (AvgIpc) is 3.57. The lowest BCUT2D eigenvalue weighted by Crippen LogP contribution is -2.39. The van der Waals surface area contributed by atoms with Crippen LogP contribution in [0.15, 0.2) is 36.2 Å². The molecule has 0 saturated heterocycles. The summed E-state index contributed by atoms with van der Waals surface area (Å²) in [7, 11) is 1.70. The molecule has 2 N–H and O–H groups in total. The Hall–Kier alpha value is -2.25. The highest BCUT2D eigenvalue weighted by atomic mass is 16.5. The first-order valence-electron chi connectivity index (χ1n) is 11.1. The first-order chi connectivity index (χ1) is 14.6. The minimum Gasteiger partial charge on any atom is -0.383 e. The fraction of sp³-hybridized carbons (Fsp3) is 0.609. The van der Waals surface area contributed by atoms with Crippen LogP contribution in [0.25, 0.3) is 0 Å². The number of carbonyl (C=O) groups is 1. The number of hydrogen-bond donors (Lipinski definition) is 2. The highest BCUT2D eigenvalue weighted by Gasteiger charge is 2.25. The smallest absolute Gasteiger partial charge is 0.270 e. The molecular formula is C23H35N5O2. The van der Waals surface area contributed by atoms with Gasteiger partial charge in [0.15, 0.2) is 0 Å². The van der Waals surface area contributed by atoms with Crippen LogP contribution in [0.1, 0.15) is 43.6 Å². The molecular weight excluding hydrogens is 378 g/mol. The van der Waals surface area contributed by atoms with Crippen molar-refractivity contribution in [2.24, 2.45) is 11.8 Å². The number of rotatable bonds is 12. The number of ether oxygens (including phenoxy) is 1. The van der Waals surface area contributed by atoms with Gasteiger partial charge in [-0.1, -0.05) is 32.1 Å². The second-order valence-electron chi connectivity index (χ2n) is 8.28. The number of amides is 1. The van der Waals surface area contributed by atoms with E-state index in [1.807, 2.05) is 6.07 Å². The van der Waals surface area contributed by atoms with Gasteiger partial charge in [0.25, 0.3) is 5.91 Å². The number of anilines is 1. The molecule has 2 aliphatic rings. The molecule has 2 unspecified atom stereocenters. The molecule has 1 heterocycles. The quantitative estimate of drug-likeness (QED) is 0.513. The van der Waals surface area contributed by atoms with Gasteiger partial charge in [-0.15, -0.1) is 0 Å². The maximum atomic E-state index is 12.9. The Morgan fingerprint density at radius 3 is 2.87 bits per heavy atom. The zero-order chi connectivity index (χ0) is 21.3. The largest absolute Gasteiger partial charge is 0.383 e. The van der Waals surface area contributed by atoms with Crippen molar-refractivity contribution >= 4 is 11.7 Å². The average molecular weight is 414 g/mol. The van der Waals surface area contributed by atoms with Crippen molar-refractivity contribution < 1.29 is 9.53 Å². The van der Waals surface area contributed by atoms with Crippen LogP contribution in [0.2, 0.25) is 0 Å². The van der Waals surface area contributed by atoms with Gasteiger partial charge in [-0.3, -0.25) is 4.79 Å². The van der Waals surface area contributed by atoms with E-state index in [1.54, 1.807) is 7.11 Å². The van der Waals surface area contributed by atoms with Crippen molar-refractivity contribution in [1.82, 2.24) is 20.6 Å². The molecule has 1 saturated carbocycles. The summed E-state index contributed by atoms with van der Waals surface area (Å²) in [6.45, 7) is 8.57. The molecule has 0 bridgehead atoms. The van der Waals surface area contributed by atoms with Gasteiger partial charge in [0.05, 0.1) is 12.6 Å². The Morgan fingerprint density at radius 2 is 2.17 bits per heavy atom. The molecule has 7 nitrogen and oxygen atoms in total. The van der Waals surface area contributed by atoms with Gasteiger partial charge in [-0.2, -0.15) is 0 Å². The second kappa shape index (κ2) is 11.2. The molecule has 7 heteroatoms. The molecule has 1 amide bonds. The van der Waals surface area contributed by atoms with E-state index in [1.165, 1.54) is 24.7 Å². The number of aromatic nitrogens is 2. The number of hydrogen-bond acceptors (Lipinski definition) is 6. The van der Waals surface area contributed by atoms with E-state index < -0.39 is 0 Å². The number of carbonyl (C=O) groups excluding carboxylic acids is 1. The molecule has 3 rings (SSSR count). The Labute approximate surface area is 180 Å². The summed E-state index contributed by atoms with van der Waals surface area (Å²) < 4.78 is 5.05. The molecule has 1 aromatic rings. The number of methoxy groups -OCH3 is 1. The second-order valence-corrected chi connectivity index (χ2v) is 8.28. The molecule has 0 aromatic carbocycles. The van der Waals surface area contributed by atoms with E-state index in [2.05, 4.69) is 57.6 Å². The molecule has 1 fully saturated rings. The summed E-state index contributed by atoms with van der Waals surface area (Å²) in [6.07, 6.45) is 11.5.